The molecule has 2 rings (SSSR count). The topological polar surface area (TPSA) is 116 Å². The summed E-state index contributed by atoms with van der Waals surface area (Å²) in [6, 6.07) is 10.9. The van der Waals surface area contributed by atoms with E-state index in [1.54, 1.807) is 32.0 Å². The van der Waals surface area contributed by atoms with Gasteiger partial charge in [-0.3, -0.25) is 19.2 Å². The van der Waals surface area contributed by atoms with E-state index in [1.807, 2.05) is 0 Å². The maximum absolute atomic E-state index is 13.2. The fraction of sp³-hybridized carbons (Fsp3) is 0.278. The van der Waals surface area contributed by atoms with E-state index in [9.17, 15) is 23.3 Å². The molecule has 0 saturated heterocycles. The third-order valence-electron chi connectivity index (χ3n) is 3.63. The van der Waals surface area contributed by atoms with Gasteiger partial charge in [-0.05, 0) is 32.0 Å². The van der Waals surface area contributed by atoms with Gasteiger partial charge in [0.15, 0.2) is 0 Å². The highest BCUT2D eigenvalue weighted by atomic mass is 32.2. The van der Waals surface area contributed by atoms with Gasteiger partial charge in [0.1, 0.15) is 12.3 Å². The van der Waals surface area contributed by atoms with Crippen LogP contribution >= 0.6 is 0 Å². The maximum atomic E-state index is 13.2. The number of hydrogen-bond donors (Lipinski definition) is 0. The summed E-state index contributed by atoms with van der Waals surface area (Å²) in [5.74, 6) is -0.508. The Bertz CT molecular complexity index is 960. The van der Waals surface area contributed by atoms with Crippen LogP contribution in [0, 0.1) is 10.1 Å². The van der Waals surface area contributed by atoms with Crippen LogP contribution in [0.3, 0.4) is 0 Å². The van der Waals surface area contributed by atoms with Crippen LogP contribution < -0.4 is 9.04 Å². The van der Waals surface area contributed by atoms with Crippen LogP contribution in [-0.2, 0) is 19.6 Å². The van der Waals surface area contributed by atoms with Gasteiger partial charge in [0.25, 0.3) is 15.7 Å². The van der Waals surface area contributed by atoms with Crippen LogP contribution in [0.25, 0.3) is 0 Å². The summed E-state index contributed by atoms with van der Waals surface area (Å²) in [6.45, 7) is 3.09. The molecule has 0 unspecified atom stereocenters. The first-order chi connectivity index (χ1) is 13.3. The van der Waals surface area contributed by atoms with Crippen LogP contribution in [0.4, 0.5) is 11.4 Å². The maximum Gasteiger partial charge on any atom is 0.326 e. The third kappa shape index (κ3) is 4.77. The van der Waals surface area contributed by atoms with E-state index in [4.69, 9.17) is 9.47 Å². The normalized spacial score (nSPS) is 10.9. The Hall–Kier alpha value is -3.14. The molecule has 150 valence electrons. The number of carbonyl (C=O) groups excluding carboxylic acids is 1. The zero-order valence-corrected chi connectivity index (χ0v) is 16.2. The molecule has 0 N–H and O–H groups in total. The largest absolute Gasteiger partial charge is 0.492 e. The lowest BCUT2D eigenvalue weighted by Gasteiger charge is -2.25. The number of ether oxygens (including phenoxy) is 2. The molecule has 0 aliphatic carbocycles. The molecule has 0 atom stereocenters. The second-order valence-corrected chi connectivity index (χ2v) is 7.33. The first-order valence-electron chi connectivity index (χ1n) is 8.45. The Morgan fingerprint density at radius 1 is 1.11 bits per heavy atom. The van der Waals surface area contributed by atoms with Crippen LogP contribution in [0.15, 0.2) is 53.4 Å². The van der Waals surface area contributed by atoms with Gasteiger partial charge in [-0.25, -0.2) is 8.42 Å². The Balaban J connectivity index is 2.59. The Labute approximate surface area is 162 Å². The molecule has 0 radical (unpaired) electrons. The predicted octanol–water partition coefficient (Wildman–Crippen LogP) is 2.75. The molecule has 2 aromatic rings. The van der Waals surface area contributed by atoms with Gasteiger partial charge < -0.3 is 9.47 Å². The fourth-order valence-electron chi connectivity index (χ4n) is 2.45. The van der Waals surface area contributed by atoms with Crippen LogP contribution in [0.1, 0.15) is 13.8 Å². The monoisotopic (exact) mass is 408 g/mol. The van der Waals surface area contributed by atoms with Gasteiger partial charge in [0.2, 0.25) is 0 Å². The standard InChI is InChI=1S/C18H20N2O7S/c1-3-26-17-11-6-5-10-16(17)19(13-18(21)27-4-2)28(24,25)15-9-7-8-14(12-15)20(22)23/h5-12H,3-4,13H2,1-2H3. The molecule has 0 amide bonds. The van der Waals surface area contributed by atoms with Crippen molar-refractivity contribution in [3.8, 4) is 5.75 Å². The van der Waals surface area contributed by atoms with E-state index in [1.165, 1.54) is 24.3 Å². The van der Waals surface area contributed by atoms with Crippen molar-refractivity contribution in [3.05, 3.63) is 58.6 Å². The number of nitrogens with zero attached hydrogens (tertiary/aromatic N) is 2. The van der Waals surface area contributed by atoms with E-state index < -0.39 is 27.5 Å². The summed E-state index contributed by atoms with van der Waals surface area (Å²) in [4.78, 5) is 22.1. The van der Waals surface area contributed by atoms with Crippen molar-refractivity contribution in [3.63, 3.8) is 0 Å². The molecule has 0 aromatic heterocycles. The quantitative estimate of drug-likeness (QED) is 0.356. The number of para-hydroxylation sites is 2. The molecule has 0 bridgehead atoms. The lowest BCUT2D eigenvalue weighted by atomic mass is 10.3. The van der Waals surface area contributed by atoms with Gasteiger partial charge in [0, 0.05) is 12.1 Å². The average molecular weight is 408 g/mol. The second kappa shape index (κ2) is 9.18. The Morgan fingerprint density at radius 2 is 1.82 bits per heavy atom. The summed E-state index contributed by atoms with van der Waals surface area (Å²) < 4.78 is 37.7. The van der Waals surface area contributed by atoms with E-state index in [0.29, 0.717) is 0 Å². The van der Waals surface area contributed by atoms with Crippen LogP contribution in [-0.4, -0.2) is 39.1 Å². The molecule has 0 fully saturated rings. The number of nitro groups is 1. The van der Waals surface area contributed by atoms with Crippen molar-refractivity contribution in [1.29, 1.82) is 0 Å². The van der Waals surface area contributed by atoms with Crippen molar-refractivity contribution in [1.82, 2.24) is 0 Å². The lowest BCUT2D eigenvalue weighted by Crippen LogP contribution is -2.37. The summed E-state index contributed by atoms with van der Waals surface area (Å²) >= 11 is 0. The summed E-state index contributed by atoms with van der Waals surface area (Å²) in [5, 5.41) is 11.0. The van der Waals surface area contributed by atoms with Gasteiger partial charge in [-0.15, -0.1) is 0 Å². The van der Waals surface area contributed by atoms with E-state index in [0.717, 1.165) is 10.4 Å². The molecule has 0 aliphatic heterocycles. The van der Waals surface area contributed by atoms with Gasteiger partial charge in [0.05, 0.1) is 28.7 Å². The van der Waals surface area contributed by atoms with E-state index in [2.05, 4.69) is 0 Å². The number of sulfonamides is 1. The molecular weight excluding hydrogens is 388 g/mol. The van der Waals surface area contributed by atoms with Crippen molar-refractivity contribution in [2.24, 2.45) is 0 Å². The van der Waals surface area contributed by atoms with Crippen molar-refractivity contribution < 1.29 is 27.6 Å². The molecule has 9 nitrogen and oxygen atoms in total. The highest BCUT2D eigenvalue weighted by Gasteiger charge is 2.31. The second-order valence-electron chi connectivity index (χ2n) is 5.47. The number of hydrogen-bond acceptors (Lipinski definition) is 7. The fourth-order valence-corrected chi connectivity index (χ4v) is 3.91. The van der Waals surface area contributed by atoms with Crippen LogP contribution in [0.2, 0.25) is 0 Å². The lowest BCUT2D eigenvalue weighted by molar-refractivity contribution is -0.385. The Kier molecular flexibility index (Phi) is 6.94. The summed E-state index contributed by atoms with van der Waals surface area (Å²) in [5.41, 5.74) is -0.251. The zero-order valence-electron chi connectivity index (χ0n) is 15.4. The molecule has 28 heavy (non-hydrogen) atoms. The van der Waals surface area contributed by atoms with Crippen molar-refractivity contribution in [2.75, 3.05) is 24.1 Å². The highest BCUT2D eigenvalue weighted by molar-refractivity contribution is 7.92. The minimum absolute atomic E-state index is 0.0800. The van der Waals surface area contributed by atoms with Gasteiger partial charge in [-0.1, -0.05) is 18.2 Å². The smallest absolute Gasteiger partial charge is 0.326 e. The number of anilines is 1. The number of rotatable bonds is 9. The summed E-state index contributed by atoms with van der Waals surface area (Å²) in [6.07, 6.45) is 0. The van der Waals surface area contributed by atoms with E-state index >= 15 is 0 Å². The zero-order chi connectivity index (χ0) is 20.7. The van der Waals surface area contributed by atoms with Crippen molar-refractivity contribution >= 4 is 27.4 Å². The van der Waals surface area contributed by atoms with Gasteiger partial charge in [-0.2, -0.15) is 0 Å². The molecular formula is C18H20N2O7S. The van der Waals surface area contributed by atoms with Crippen molar-refractivity contribution in [2.45, 2.75) is 18.7 Å². The molecule has 0 spiro atoms. The summed E-state index contributed by atoms with van der Waals surface area (Å²) in [7, 11) is -4.32. The number of esters is 1. The number of carbonyl (C=O) groups is 1. The van der Waals surface area contributed by atoms with E-state index in [-0.39, 0.29) is 35.2 Å². The first-order valence-corrected chi connectivity index (χ1v) is 9.89. The number of non-ortho nitro benzene ring substituents is 1. The molecule has 0 aliphatic rings. The highest BCUT2D eigenvalue weighted by Crippen LogP contribution is 2.33. The minimum atomic E-state index is -4.32. The minimum Gasteiger partial charge on any atom is -0.492 e. The predicted molar refractivity (Wildman–Crippen MR) is 102 cm³/mol. The molecule has 0 saturated carbocycles. The Morgan fingerprint density at radius 3 is 2.46 bits per heavy atom. The number of benzene rings is 2. The van der Waals surface area contributed by atoms with Crippen LogP contribution in [0.5, 0.6) is 5.75 Å². The van der Waals surface area contributed by atoms with Gasteiger partial charge >= 0.3 is 5.97 Å². The molecule has 0 heterocycles. The molecule has 10 heteroatoms. The average Bonchev–Trinajstić information content (AvgIpc) is 2.67. The SMILES string of the molecule is CCOC(=O)CN(c1ccccc1OCC)S(=O)(=O)c1cccc([N+](=O)[O-])c1. The third-order valence-corrected chi connectivity index (χ3v) is 5.38. The molecule has 2 aromatic carbocycles. The number of nitro benzene ring substituents is 1. The first kappa shape index (κ1) is 21.2.